The number of hydrogen-bond acceptors (Lipinski definition) is 4. The first-order valence-corrected chi connectivity index (χ1v) is 11.1. The molecule has 1 heterocycles. The van der Waals surface area contributed by atoms with Crippen LogP contribution in [0.2, 0.25) is 0 Å². The zero-order valence-corrected chi connectivity index (χ0v) is 17.4. The zero-order chi connectivity index (χ0) is 20.3. The summed E-state index contributed by atoms with van der Waals surface area (Å²) in [7, 11) is -3.58. The number of nitrogens with zero attached hydrogens (tertiary/aromatic N) is 1. The lowest BCUT2D eigenvalue weighted by atomic mass is 9.90. The van der Waals surface area contributed by atoms with E-state index in [-0.39, 0.29) is 22.7 Å². The molecule has 0 amide bonds. The number of hydrogen-bond donors (Lipinski definition) is 0. The number of sulfonamides is 1. The van der Waals surface area contributed by atoms with Gasteiger partial charge in [0.05, 0.1) is 11.0 Å². The summed E-state index contributed by atoms with van der Waals surface area (Å²) in [4.78, 5) is 12.9. The number of carbonyl (C=O) groups excluding carboxylic acids is 1. The highest BCUT2D eigenvalue weighted by Crippen LogP contribution is 2.29. The van der Waals surface area contributed by atoms with Crippen LogP contribution in [0, 0.1) is 12.8 Å². The van der Waals surface area contributed by atoms with Gasteiger partial charge in [-0.2, -0.15) is 4.31 Å². The van der Waals surface area contributed by atoms with E-state index in [1.54, 1.807) is 18.2 Å². The number of ether oxygens (including phenoxy) is 1. The van der Waals surface area contributed by atoms with Gasteiger partial charge in [-0.25, -0.2) is 8.42 Å². The molecule has 1 aliphatic heterocycles. The van der Waals surface area contributed by atoms with Crippen LogP contribution in [0.25, 0.3) is 0 Å². The van der Waals surface area contributed by atoms with Crippen molar-refractivity contribution < 1.29 is 17.9 Å². The fourth-order valence-corrected chi connectivity index (χ4v) is 5.07. The van der Waals surface area contributed by atoms with Gasteiger partial charge in [0.25, 0.3) is 0 Å². The predicted octanol–water partition coefficient (Wildman–Crippen LogP) is 4.07. The summed E-state index contributed by atoms with van der Waals surface area (Å²) in [5.74, 6) is 0.669. The molecule has 2 aromatic rings. The number of aryl methyl sites for hydroxylation is 1. The van der Waals surface area contributed by atoms with E-state index in [1.165, 1.54) is 4.31 Å². The topological polar surface area (TPSA) is 63.7 Å². The van der Waals surface area contributed by atoms with Crippen LogP contribution in [0.3, 0.4) is 0 Å². The van der Waals surface area contributed by atoms with E-state index in [0.29, 0.717) is 37.2 Å². The van der Waals surface area contributed by atoms with Crippen LogP contribution in [0.1, 0.15) is 42.6 Å². The van der Waals surface area contributed by atoms with Crippen molar-refractivity contribution in [3.63, 3.8) is 0 Å². The van der Waals surface area contributed by atoms with E-state index in [4.69, 9.17) is 4.74 Å². The number of piperidine rings is 1. The van der Waals surface area contributed by atoms with Crippen LogP contribution in [0.5, 0.6) is 5.75 Å². The number of ketones is 1. The standard InChI is InChI=1S/C22H27NO4S/c1-16(2)27-21-10-9-20(15-17(21)3)28(25,26)23-13-11-19(12-14-23)22(24)18-7-5-4-6-8-18/h4-10,15-16,19H,11-14H2,1-3H3. The first kappa shape index (κ1) is 20.6. The molecule has 0 saturated carbocycles. The minimum absolute atomic E-state index is 0.0299. The SMILES string of the molecule is Cc1cc(S(=O)(=O)N2CCC(C(=O)c3ccccc3)CC2)ccc1OC(C)C. The fourth-order valence-electron chi connectivity index (χ4n) is 3.51. The molecule has 28 heavy (non-hydrogen) atoms. The molecule has 0 unspecified atom stereocenters. The van der Waals surface area contributed by atoms with Gasteiger partial charge in [0, 0.05) is 24.6 Å². The number of Topliss-reactive ketones (excluding diaryl/α,β-unsaturated/α-hetero) is 1. The molecule has 5 nitrogen and oxygen atoms in total. The van der Waals surface area contributed by atoms with E-state index in [2.05, 4.69) is 0 Å². The Hall–Kier alpha value is -2.18. The van der Waals surface area contributed by atoms with E-state index in [0.717, 1.165) is 5.56 Å². The highest BCUT2D eigenvalue weighted by molar-refractivity contribution is 7.89. The van der Waals surface area contributed by atoms with Crippen molar-refractivity contribution in [2.75, 3.05) is 13.1 Å². The molecule has 1 aliphatic rings. The molecule has 0 aromatic heterocycles. The Labute approximate surface area is 167 Å². The molecular formula is C22H27NO4S. The normalized spacial score (nSPS) is 16.3. The van der Waals surface area contributed by atoms with Gasteiger partial charge in [-0.3, -0.25) is 4.79 Å². The molecule has 3 rings (SSSR count). The van der Waals surface area contributed by atoms with E-state index < -0.39 is 10.0 Å². The van der Waals surface area contributed by atoms with Gasteiger partial charge < -0.3 is 4.74 Å². The molecule has 0 bridgehead atoms. The summed E-state index contributed by atoms with van der Waals surface area (Å²) in [5.41, 5.74) is 1.49. The molecule has 0 spiro atoms. The van der Waals surface area contributed by atoms with Crippen molar-refractivity contribution in [3.05, 3.63) is 59.7 Å². The van der Waals surface area contributed by atoms with Crippen molar-refractivity contribution in [1.29, 1.82) is 0 Å². The van der Waals surface area contributed by atoms with Crippen LogP contribution in [0.4, 0.5) is 0 Å². The third-order valence-corrected chi connectivity index (χ3v) is 6.92. The third kappa shape index (κ3) is 4.45. The lowest BCUT2D eigenvalue weighted by Crippen LogP contribution is -2.40. The Bertz CT molecular complexity index is 930. The maximum Gasteiger partial charge on any atom is 0.243 e. The van der Waals surface area contributed by atoms with Gasteiger partial charge in [0.1, 0.15) is 5.75 Å². The second-order valence-electron chi connectivity index (χ2n) is 7.50. The van der Waals surface area contributed by atoms with E-state index >= 15 is 0 Å². The van der Waals surface area contributed by atoms with Crippen molar-refractivity contribution in [2.24, 2.45) is 5.92 Å². The van der Waals surface area contributed by atoms with Crippen LogP contribution in [0.15, 0.2) is 53.4 Å². The van der Waals surface area contributed by atoms with Crippen molar-refractivity contribution in [3.8, 4) is 5.75 Å². The number of carbonyl (C=O) groups is 1. The summed E-state index contributed by atoms with van der Waals surface area (Å²) >= 11 is 0. The highest BCUT2D eigenvalue weighted by atomic mass is 32.2. The fraction of sp³-hybridized carbons (Fsp3) is 0.409. The van der Waals surface area contributed by atoms with Gasteiger partial charge in [-0.15, -0.1) is 0 Å². The lowest BCUT2D eigenvalue weighted by Gasteiger charge is -2.30. The van der Waals surface area contributed by atoms with Gasteiger partial charge in [-0.1, -0.05) is 30.3 Å². The molecule has 0 N–H and O–H groups in total. The van der Waals surface area contributed by atoms with Crippen LogP contribution in [-0.4, -0.2) is 37.7 Å². The Morgan fingerprint density at radius 2 is 1.71 bits per heavy atom. The highest BCUT2D eigenvalue weighted by Gasteiger charge is 2.32. The molecule has 0 atom stereocenters. The summed E-state index contributed by atoms with van der Waals surface area (Å²) in [6.07, 6.45) is 1.11. The van der Waals surface area contributed by atoms with Crippen molar-refractivity contribution in [2.45, 2.75) is 44.6 Å². The zero-order valence-electron chi connectivity index (χ0n) is 16.6. The van der Waals surface area contributed by atoms with Crippen LogP contribution in [-0.2, 0) is 10.0 Å². The summed E-state index contributed by atoms with van der Waals surface area (Å²) < 4.78 is 33.2. The van der Waals surface area contributed by atoms with Crippen molar-refractivity contribution >= 4 is 15.8 Å². The number of rotatable bonds is 6. The maximum atomic E-state index is 13.0. The molecule has 1 fully saturated rings. The smallest absolute Gasteiger partial charge is 0.243 e. The summed E-state index contributed by atoms with van der Waals surface area (Å²) in [6.45, 7) is 6.43. The molecule has 0 aliphatic carbocycles. The average molecular weight is 402 g/mol. The quantitative estimate of drug-likeness (QED) is 0.685. The second kappa shape index (κ2) is 8.45. The van der Waals surface area contributed by atoms with Gasteiger partial charge in [0.15, 0.2) is 5.78 Å². The largest absolute Gasteiger partial charge is 0.491 e. The van der Waals surface area contributed by atoms with Crippen molar-refractivity contribution in [1.82, 2.24) is 4.31 Å². The average Bonchev–Trinajstić information content (AvgIpc) is 2.69. The monoisotopic (exact) mass is 401 g/mol. The molecule has 2 aromatic carbocycles. The maximum absolute atomic E-state index is 13.0. The summed E-state index contributed by atoms with van der Waals surface area (Å²) in [5, 5.41) is 0. The number of benzene rings is 2. The second-order valence-corrected chi connectivity index (χ2v) is 9.44. The lowest BCUT2D eigenvalue weighted by molar-refractivity contribution is 0.0875. The Morgan fingerprint density at radius 3 is 2.29 bits per heavy atom. The van der Waals surface area contributed by atoms with Crippen LogP contribution < -0.4 is 4.74 Å². The summed E-state index contributed by atoms with van der Waals surface area (Å²) in [6, 6.07) is 14.2. The molecule has 0 radical (unpaired) electrons. The van der Waals surface area contributed by atoms with E-state index in [1.807, 2.05) is 51.1 Å². The molecular weight excluding hydrogens is 374 g/mol. The Kier molecular flexibility index (Phi) is 6.20. The molecule has 1 saturated heterocycles. The van der Waals surface area contributed by atoms with E-state index in [9.17, 15) is 13.2 Å². The van der Waals surface area contributed by atoms with Crippen LogP contribution >= 0.6 is 0 Å². The van der Waals surface area contributed by atoms with Gasteiger partial charge in [0.2, 0.25) is 10.0 Å². The first-order chi connectivity index (χ1) is 13.3. The predicted molar refractivity (Wildman–Crippen MR) is 109 cm³/mol. The van der Waals surface area contributed by atoms with Gasteiger partial charge >= 0.3 is 0 Å². The Morgan fingerprint density at radius 1 is 1.07 bits per heavy atom. The van der Waals surface area contributed by atoms with Gasteiger partial charge in [-0.05, 0) is 57.4 Å². The molecule has 6 heteroatoms. The molecule has 150 valence electrons. The Balaban J connectivity index is 1.69. The minimum atomic E-state index is -3.58. The third-order valence-electron chi connectivity index (χ3n) is 5.03. The first-order valence-electron chi connectivity index (χ1n) is 9.66. The minimum Gasteiger partial charge on any atom is -0.491 e.